The van der Waals surface area contributed by atoms with Gasteiger partial charge in [0.05, 0.1) is 20.3 Å². The molecule has 0 saturated heterocycles. The Morgan fingerprint density at radius 3 is 1.96 bits per heavy atom. The van der Waals surface area contributed by atoms with Gasteiger partial charge in [-0.05, 0) is 26.7 Å². The monoisotopic (exact) mass is 375 g/mol. The molecule has 150 valence electrons. The van der Waals surface area contributed by atoms with E-state index < -0.39 is 23.4 Å². The Kier molecular flexibility index (Phi) is 12.0. The van der Waals surface area contributed by atoms with Gasteiger partial charge in [0.2, 0.25) is 11.4 Å². The van der Waals surface area contributed by atoms with Crippen molar-refractivity contribution in [3.63, 3.8) is 0 Å². The quantitative estimate of drug-likeness (QED) is 0.217. The average Bonchev–Trinajstić information content (AvgIpc) is 2.59. The van der Waals surface area contributed by atoms with Crippen LogP contribution in [0, 0.1) is 0 Å². The summed E-state index contributed by atoms with van der Waals surface area (Å²) in [5, 5.41) is 2.36. The smallest absolute Gasteiger partial charge is 0.343 e. The highest BCUT2D eigenvalue weighted by molar-refractivity contribution is 6.07. The number of amides is 1. The summed E-state index contributed by atoms with van der Waals surface area (Å²) in [4.78, 5) is 47.2. The Labute approximate surface area is 153 Å². The standard InChI is InChI=1S/C17H29NO8/c1-5-25-15(21)17(18-13(3)19,16(22)26-6-2)10-12-24-11-8-7-9-14(20)23-4/h5-12H2,1-4H3,(H,18,19). The molecule has 0 saturated carbocycles. The molecule has 9 nitrogen and oxygen atoms in total. The van der Waals surface area contributed by atoms with Crippen LogP contribution in [0.1, 0.15) is 46.5 Å². The molecule has 1 amide bonds. The van der Waals surface area contributed by atoms with Gasteiger partial charge < -0.3 is 24.3 Å². The fourth-order valence-corrected chi connectivity index (χ4v) is 2.16. The van der Waals surface area contributed by atoms with E-state index in [1.165, 1.54) is 14.0 Å². The molecule has 1 N–H and O–H groups in total. The first-order chi connectivity index (χ1) is 12.3. The topological polar surface area (TPSA) is 117 Å². The van der Waals surface area contributed by atoms with E-state index in [4.69, 9.17) is 14.2 Å². The Balaban J connectivity index is 4.78. The Morgan fingerprint density at radius 1 is 0.923 bits per heavy atom. The van der Waals surface area contributed by atoms with E-state index in [0.717, 1.165) is 0 Å². The molecular weight excluding hydrogens is 346 g/mol. The van der Waals surface area contributed by atoms with Crippen LogP contribution in [0.4, 0.5) is 0 Å². The molecule has 0 spiro atoms. The van der Waals surface area contributed by atoms with Gasteiger partial charge in [-0.1, -0.05) is 0 Å². The summed E-state index contributed by atoms with van der Waals surface area (Å²) in [6, 6.07) is 0. The summed E-state index contributed by atoms with van der Waals surface area (Å²) in [7, 11) is 1.32. The molecule has 0 unspecified atom stereocenters. The molecule has 0 rings (SSSR count). The molecule has 0 radical (unpaired) electrons. The van der Waals surface area contributed by atoms with Crippen molar-refractivity contribution in [3.05, 3.63) is 0 Å². The number of hydrogen-bond acceptors (Lipinski definition) is 8. The predicted molar refractivity (Wildman–Crippen MR) is 91.1 cm³/mol. The fraction of sp³-hybridized carbons (Fsp3) is 0.765. The van der Waals surface area contributed by atoms with Crippen molar-refractivity contribution in [2.75, 3.05) is 33.5 Å². The fourth-order valence-electron chi connectivity index (χ4n) is 2.16. The minimum atomic E-state index is -1.94. The zero-order valence-corrected chi connectivity index (χ0v) is 15.9. The molecule has 0 heterocycles. The molecule has 0 aliphatic heterocycles. The highest BCUT2D eigenvalue weighted by Crippen LogP contribution is 2.17. The number of rotatable bonds is 13. The van der Waals surface area contributed by atoms with Crippen molar-refractivity contribution in [2.45, 2.75) is 52.0 Å². The lowest BCUT2D eigenvalue weighted by atomic mass is 9.95. The maximum absolute atomic E-state index is 12.3. The van der Waals surface area contributed by atoms with Crippen LogP contribution < -0.4 is 5.32 Å². The van der Waals surface area contributed by atoms with E-state index in [-0.39, 0.29) is 32.2 Å². The zero-order valence-electron chi connectivity index (χ0n) is 15.9. The first kappa shape index (κ1) is 23.8. The number of unbranched alkanes of at least 4 members (excludes halogenated alkanes) is 1. The largest absolute Gasteiger partial charge is 0.469 e. The lowest BCUT2D eigenvalue weighted by molar-refractivity contribution is -0.169. The number of esters is 3. The van der Waals surface area contributed by atoms with Crippen LogP contribution in [0.5, 0.6) is 0 Å². The SMILES string of the molecule is CCOC(=O)C(CCOCCCCC(=O)OC)(NC(C)=O)C(=O)OCC. The van der Waals surface area contributed by atoms with Crippen molar-refractivity contribution in [2.24, 2.45) is 0 Å². The molecule has 0 aromatic rings. The van der Waals surface area contributed by atoms with E-state index >= 15 is 0 Å². The predicted octanol–water partition coefficient (Wildman–Crippen LogP) is 0.738. The van der Waals surface area contributed by atoms with E-state index in [1.54, 1.807) is 13.8 Å². The van der Waals surface area contributed by atoms with Gasteiger partial charge in [0.25, 0.3) is 0 Å². The van der Waals surface area contributed by atoms with Gasteiger partial charge in [-0.3, -0.25) is 9.59 Å². The van der Waals surface area contributed by atoms with Crippen LogP contribution in [0.25, 0.3) is 0 Å². The van der Waals surface area contributed by atoms with Crippen LogP contribution in [0.3, 0.4) is 0 Å². The van der Waals surface area contributed by atoms with E-state index in [9.17, 15) is 19.2 Å². The van der Waals surface area contributed by atoms with Crippen LogP contribution in [-0.2, 0) is 38.1 Å². The van der Waals surface area contributed by atoms with Gasteiger partial charge in [0.1, 0.15) is 0 Å². The van der Waals surface area contributed by atoms with Crippen molar-refractivity contribution < 1.29 is 38.1 Å². The van der Waals surface area contributed by atoms with Gasteiger partial charge in [-0.15, -0.1) is 0 Å². The Bertz CT molecular complexity index is 459. The van der Waals surface area contributed by atoms with E-state index in [1.807, 2.05) is 0 Å². The summed E-state index contributed by atoms with van der Waals surface area (Å²) in [6.07, 6.45) is 1.38. The summed E-state index contributed by atoms with van der Waals surface area (Å²) >= 11 is 0. The van der Waals surface area contributed by atoms with Gasteiger partial charge in [-0.25, -0.2) is 9.59 Å². The third kappa shape index (κ3) is 8.28. The van der Waals surface area contributed by atoms with Crippen molar-refractivity contribution >= 4 is 23.8 Å². The normalized spacial score (nSPS) is 10.8. The van der Waals surface area contributed by atoms with Crippen molar-refractivity contribution in [1.82, 2.24) is 5.32 Å². The zero-order chi connectivity index (χ0) is 20.0. The lowest BCUT2D eigenvalue weighted by Crippen LogP contribution is -2.61. The number of nitrogens with one attached hydrogen (secondary N) is 1. The van der Waals surface area contributed by atoms with Crippen LogP contribution in [-0.4, -0.2) is 62.9 Å². The summed E-state index contributed by atoms with van der Waals surface area (Å²) in [5.74, 6) is -2.63. The second-order valence-corrected chi connectivity index (χ2v) is 5.42. The molecule has 9 heteroatoms. The van der Waals surface area contributed by atoms with Crippen molar-refractivity contribution in [1.29, 1.82) is 0 Å². The molecule has 0 aromatic heterocycles. The minimum Gasteiger partial charge on any atom is -0.469 e. The Hall–Kier alpha value is -2.16. The Morgan fingerprint density at radius 2 is 1.50 bits per heavy atom. The number of methoxy groups -OCH3 is 1. The average molecular weight is 375 g/mol. The molecule has 26 heavy (non-hydrogen) atoms. The van der Waals surface area contributed by atoms with Crippen LogP contribution in [0.15, 0.2) is 0 Å². The number of carbonyl (C=O) groups is 4. The number of ether oxygens (including phenoxy) is 4. The van der Waals surface area contributed by atoms with Crippen molar-refractivity contribution in [3.8, 4) is 0 Å². The summed E-state index contributed by atoms with van der Waals surface area (Å²) < 4.78 is 19.9. The van der Waals surface area contributed by atoms with Crippen LogP contribution >= 0.6 is 0 Å². The third-order valence-corrected chi connectivity index (χ3v) is 3.41. The molecule has 0 atom stereocenters. The molecule has 0 aliphatic carbocycles. The van der Waals surface area contributed by atoms with Gasteiger partial charge in [0.15, 0.2) is 0 Å². The first-order valence-electron chi connectivity index (χ1n) is 8.61. The summed E-state index contributed by atoms with van der Waals surface area (Å²) in [5.41, 5.74) is -1.94. The second kappa shape index (κ2) is 13.1. The molecule has 0 aromatic carbocycles. The second-order valence-electron chi connectivity index (χ2n) is 5.42. The number of hydrogen-bond donors (Lipinski definition) is 1. The van der Waals surface area contributed by atoms with E-state index in [0.29, 0.717) is 25.9 Å². The molecular formula is C17H29NO8. The maximum atomic E-state index is 12.3. The molecule has 0 fully saturated rings. The van der Waals surface area contributed by atoms with Gasteiger partial charge >= 0.3 is 17.9 Å². The van der Waals surface area contributed by atoms with Crippen LogP contribution in [0.2, 0.25) is 0 Å². The highest BCUT2D eigenvalue weighted by Gasteiger charge is 2.49. The minimum absolute atomic E-state index is 0.0239. The first-order valence-corrected chi connectivity index (χ1v) is 8.61. The van der Waals surface area contributed by atoms with Gasteiger partial charge in [0, 0.05) is 33.0 Å². The van der Waals surface area contributed by atoms with Gasteiger partial charge in [-0.2, -0.15) is 0 Å². The molecule has 0 bridgehead atoms. The number of carbonyl (C=O) groups excluding carboxylic acids is 4. The highest BCUT2D eigenvalue weighted by atomic mass is 16.6. The molecule has 0 aliphatic rings. The summed E-state index contributed by atoms with van der Waals surface area (Å²) in [6.45, 7) is 4.84. The van der Waals surface area contributed by atoms with E-state index in [2.05, 4.69) is 10.1 Å². The third-order valence-electron chi connectivity index (χ3n) is 3.41. The lowest BCUT2D eigenvalue weighted by Gasteiger charge is -2.29. The maximum Gasteiger partial charge on any atom is 0.343 e.